The second kappa shape index (κ2) is 5.47. The fraction of sp³-hybridized carbons (Fsp3) is 0.889. The summed E-state index contributed by atoms with van der Waals surface area (Å²) in [5, 5.41) is 0. The Kier molecular flexibility index (Phi) is 5.37. The molecular formula is C9H18BrNO2. The molecule has 0 heterocycles. The summed E-state index contributed by atoms with van der Waals surface area (Å²) >= 11 is 3.59. The largest absolute Gasteiger partial charge is 0.450 e. The Morgan fingerprint density at radius 2 is 2.08 bits per heavy atom. The lowest BCUT2D eigenvalue weighted by Gasteiger charge is -2.25. The summed E-state index contributed by atoms with van der Waals surface area (Å²) in [5.41, 5.74) is 5.07. The van der Waals surface area contributed by atoms with Crippen molar-refractivity contribution in [1.82, 2.24) is 0 Å². The number of rotatable bonds is 4. The van der Waals surface area contributed by atoms with Gasteiger partial charge in [0.1, 0.15) is 0 Å². The summed E-state index contributed by atoms with van der Waals surface area (Å²) in [5.74, 6) is 0. The molecular weight excluding hydrogens is 234 g/mol. The van der Waals surface area contributed by atoms with Gasteiger partial charge in [-0.05, 0) is 18.3 Å². The Bertz CT molecular complexity index is 165. The first-order valence-electron chi connectivity index (χ1n) is 4.40. The van der Waals surface area contributed by atoms with Crippen LogP contribution in [-0.4, -0.2) is 17.5 Å². The first kappa shape index (κ1) is 12.8. The van der Waals surface area contributed by atoms with E-state index in [-0.39, 0.29) is 5.41 Å². The molecule has 0 aliphatic rings. The molecule has 1 unspecified atom stereocenters. The van der Waals surface area contributed by atoms with Crippen LogP contribution in [0.4, 0.5) is 4.79 Å². The predicted molar refractivity (Wildman–Crippen MR) is 56.9 cm³/mol. The van der Waals surface area contributed by atoms with Crippen molar-refractivity contribution in [2.45, 2.75) is 38.4 Å². The molecule has 4 heteroatoms. The van der Waals surface area contributed by atoms with Gasteiger partial charge in [-0.3, -0.25) is 0 Å². The summed E-state index contributed by atoms with van der Waals surface area (Å²) in [7, 11) is 0. The van der Waals surface area contributed by atoms with E-state index in [0.29, 0.717) is 11.4 Å². The van der Waals surface area contributed by atoms with Crippen LogP contribution in [0.15, 0.2) is 0 Å². The van der Waals surface area contributed by atoms with Crippen LogP contribution >= 0.6 is 15.9 Å². The van der Waals surface area contributed by atoms with Crippen molar-refractivity contribution >= 4 is 22.0 Å². The normalized spacial score (nSPS) is 13.8. The topological polar surface area (TPSA) is 52.3 Å². The van der Waals surface area contributed by atoms with Crippen molar-refractivity contribution in [1.29, 1.82) is 0 Å². The standard InChI is InChI=1S/C9H18BrNO2/c1-9(2,3)7(10)5-4-6-13-8(11)12/h7H,4-6H2,1-3H3,(H2,11,12). The number of nitrogens with two attached hydrogens (primary N) is 1. The highest BCUT2D eigenvalue weighted by Crippen LogP contribution is 2.29. The number of hydrogen-bond donors (Lipinski definition) is 1. The zero-order valence-electron chi connectivity index (χ0n) is 8.47. The lowest BCUT2D eigenvalue weighted by molar-refractivity contribution is 0.153. The summed E-state index contributed by atoms with van der Waals surface area (Å²) in [6, 6.07) is 0. The second-order valence-electron chi connectivity index (χ2n) is 4.14. The maximum absolute atomic E-state index is 10.2. The van der Waals surface area contributed by atoms with Gasteiger partial charge in [0.15, 0.2) is 0 Å². The van der Waals surface area contributed by atoms with Crippen molar-refractivity contribution in [2.24, 2.45) is 11.1 Å². The van der Waals surface area contributed by atoms with Crippen LogP contribution in [0.3, 0.4) is 0 Å². The minimum atomic E-state index is -0.693. The van der Waals surface area contributed by atoms with E-state index in [1.165, 1.54) is 0 Å². The molecule has 78 valence electrons. The summed E-state index contributed by atoms with van der Waals surface area (Å²) in [4.78, 5) is 10.7. The third-order valence-corrected chi connectivity index (χ3v) is 3.62. The highest BCUT2D eigenvalue weighted by Gasteiger charge is 2.20. The number of ether oxygens (including phenoxy) is 1. The molecule has 0 fully saturated rings. The Morgan fingerprint density at radius 1 is 1.54 bits per heavy atom. The van der Waals surface area contributed by atoms with Crippen LogP contribution < -0.4 is 5.73 Å². The summed E-state index contributed by atoms with van der Waals surface area (Å²) in [6.45, 7) is 6.91. The number of hydrogen-bond acceptors (Lipinski definition) is 2. The van der Waals surface area contributed by atoms with E-state index in [2.05, 4.69) is 41.4 Å². The van der Waals surface area contributed by atoms with Gasteiger partial charge in [-0.2, -0.15) is 0 Å². The summed E-state index contributed by atoms with van der Waals surface area (Å²) in [6.07, 6.45) is 1.13. The Balaban J connectivity index is 3.49. The van der Waals surface area contributed by atoms with Crippen molar-refractivity contribution in [3.63, 3.8) is 0 Å². The lowest BCUT2D eigenvalue weighted by atomic mass is 9.90. The van der Waals surface area contributed by atoms with Gasteiger partial charge >= 0.3 is 6.09 Å². The average molecular weight is 252 g/mol. The van der Waals surface area contributed by atoms with Crippen LogP contribution in [0.5, 0.6) is 0 Å². The number of halogens is 1. The molecule has 0 radical (unpaired) electrons. The molecule has 1 atom stereocenters. The minimum Gasteiger partial charge on any atom is -0.450 e. The highest BCUT2D eigenvalue weighted by atomic mass is 79.9. The van der Waals surface area contributed by atoms with Gasteiger partial charge in [-0.25, -0.2) is 4.79 Å². The van der Waals surface area contributed by atoms with Crippen LogP contribution in [-0.2, 0) is 4.74 Å². The van der Waals surface area contributed by atoms with Gasteiger partial charge in [-0.1, -0.05) is 36.7 Å². The van der Waals surface area contributed by atoms with E-state index in [0.717, 1.165) is 12.8 Å². The molecule has 3 nitrogen and oxygen atoms in total. The SMILES string of the molecule is CC(C)(C)C(Br)CCCOC(N)=O. The molecule has 0 aliphatic carbocycles. The van der Waals surface area contributed by atoms with Crippen LogP contribution in [0.2, 0.25) is 0 Å². The predicted octanol–water partition coefficient (Wildman–Crippen LogP) is 2.67. The molecule has 1 amide bonds. The molecule has 0 aromatic rings. The molecule has 0 rings (SSSR count). The zero-order valence-corrected chi connectivity index (χ0v) is 10.1. The molecule has 0 saturated heterocycles. The van der Waals surface area contributed by atoms with Gasteiger partial charge in [0.25, 0.3) is 0 Å². The molecule has 0 aromatic carbocycles. The van der Waals surface area contributed by atoms with E-state index in [9.17, 15) is 4.79 Å². The number of amides is 1. The molecule has 0 spiro atoms. The minimum absolute atomic E-state index is 0.243. The number of carbonyl (C=O) groups excluding carboxylic acids is 1. The average Bonchev–Trinajstić information content (AvgIpc) is 1.95. The van der Waals surface area contributed by atoms with Crippen LogP contribution in [0.1, 0.15) is 33.6 Å². The van der Waals surface area contributed by atoms with Crippen molar-refractivity contribution < 1.29 is 9.53 Å². The molecule has 2 N–H and O–H groups in total. The molecule has 0 saturated carbocycles. The monoisotopic (exact) mass is 251 g/mol. The van der Waals surface area contributed by atoms with E-state index in [1.807, 2.05) is 0 Å². The number of alkyl halides is 1. The Labute approximate surface area is 88.1 Å². The maximum Gasteiger partial charge on any atom is 0.404 e. The van der Waals surface area contributed by atoms with E-state index >= 15 is 0 Å². The van der Waals surface area contributed by atoms with Crippen molar-refractivity contribution in [2.75, 3.05) is 6.61 Å². The van der Waals surface area contributed by atoms with Gasteiger partial charge in [0.05, 0.1) is 6.61 Å². The quantitative estimate of drug-likeness (QED) is 0.617. The van der Waals surface area contributed by atoms with Gasteiger partial charge < -0.3 is 10.5 Å². The van der Waals surface area contributed by atoms with E-state index in [1.54, 1.807) is 0 Å². The van der Waals surface area contributed by atoms with Crippen LogP contribution in [0, 0.1) is 5.41 Å². The molecule has 0 bridgehead atoms. The van der Waals surface area contributed by atoms with E-state index < -0.39 is 6.09 Å². The fourth-order valence-electron chi connectivity index (χ4n) is 0.868. The van der Waals surface area contributed by atoms with Gasteiger partial charge in [-0.15, -0.1) is 0 Å². The van der Waals surface area contributed by atoms with E-state index in [4.69, 9.17) is 5.73 Å². The molecule has 13 heavy (non-hydrogen) atoms. The maximum atomic E-state index is 10.2. The van der Waals surface area contributed by atoms with Gasteiger partial charge in [0.2, 0.25) is 0 Å². The zero-order chi connectivity index (χ0) is 10.5. The number of carbonyl (C=O) groups is 1. The van der Waals surface area contributed by atoms with Crippen molar-refractivity contribution in [3.8, 4) is 0 Å². The fourth-order valence-corrected chi connectivity index (χ4v) is 1.19. The third-order valence-electron chi connectivity index (χ3n) is 1.79. The molecule has 0 aliphatic heterocycles. The lowest BCUT2D eigenvalue weighted by Crippen LogP contribution is -2.21. The highest BCUT2D eigenvalue weighted by molar-refractivity contribution is 9.09. The molecule has 0 aromatic heterocycles. The van der Waals surface area contributed by atoms with Crippen molar-refractivity contribution in [3.05, 3.63) is 0 Å². The second-order valence-corrected chi connectivity index (χ2v) is 5.25. The number of primary amides is 1. The Morgan fingerprint density at radius 3 is 2.46 bits per heavy atom. The van der Waals surface area contributed by atoms with Crippen LogP contribution in [0.25, 0.3) is 0 Å². The Hall–Kier alpha value is -0.250. The first-order chi connectivity index (χ1) is 5.84. The van der Waals surface area contributed by atoms with Gasteiger partial charge in [0, 0.05) is 4.83 Å². The smallest absolute Gasteiger partial charge is 0.404 e. The summed E-state index contributed by atoms with van der Waals surface area (Å²) < 4.78 is 4.62. The third kappa shape index (κ3) is 6.87. The first-order valence-corrected chi connectivity index (χ1v) is 5.32.